The topological polar surface area (TPSA) is 130 Å². The van der Waals surface area contributed by atoms with Crippen LogP contribution in [0.15, 0.2) is 54.7 Å². The molecule has 2 aliphatic heterocycles. The maximum atomic E-state index is 14.4. The van der Waals surface area contributed by atoms with Gasteiger partial charge in [-0.1, -0.05) is 30.3 Å². The molecular weight excluding hydrogens is 672 g/mol. The van der Waals surface area contributed by atoms with E-state index >= 15 is 0 Å². The van der Waals surface area contributed by atoms with Crippen molar-refractivity contribution < 1.29 is 28.9 Å². The van der Waals surface area contributed by atoms with Crippen molar-refractivity contribution in [1.29, 1.82) is 0 Å². The van der Waals surface area contributed by atoms with Crippen LogP contribution in [-0.4, -0.2) is 118 Å². The highest BCUT2D eigenvalue weighted by Crippen LogP contribution is 2.32. The molecule has 3 aromatic rings. The second-order valence-electron chi connectivity index (χ2n) is 13.7. The summed E-state index contributed by atoms with van der Waals surface area (Å²) in [5, 5.41) is 23.9. The number of β-amino-alcohol motifs (C(OH)–C–C–N with tert-alkyl or cyclic N) is 1. The van der Waals surface area contributed by atoms with Gasteiger partial charge in [0, 0.05) is 69.4 Å². The van der Waals surface area contributed by atoms with Gasteiger partial charge < -0.3 is 25.6 Å². The molecule has 6 rings (SSSR count). The molecule has 1 aromatic heterocycles. The van der Waals surface area contributed by atoms with E-state index in [1.165, 1.54) is 11.1 Å². The predicted octanol–water partition coefficient (Wildman–Crippen LogP) is 5.04. The molecule has 1 aliphatic carbocycles. The SMILES string of the molecule is O=C(O)NC1CCC(NC(=O)c2cc(F)cnc2Oc2cccc(-c3ccc(CN4CCCN(CCO)CC4)cc3CN3CCSCC3)c2)CC1. The van der Waals surface area contributed by atoms with E-state index in [4.69, 9.17) is 9.84 Å². The second-order valence-corrected chi connectivity index (χ2v) is 14.9. The molecule has 4 N–H and O–H groups in total. The number of benzene rings is 2. The highest BCUT2D eigenvalue weighted by Gasteiger charge is 2.26. The first-order valence-corrected chi connectivity index (χ1v) is 19.2. The summed E-state index contributed by atoms with van der Waals surface area (Å²) in [7, 11) is 0. The van der Waals surface area contributed by atoms with Crippen molar-refractivity contribution >= 4 is 23.8 Å². The van der Waals surface area contributed by atoms with Gasteiger partial charge in [-0.3, -0.25) is 19.5 Å². The Labute approximate surface area is 303 Å². The maximum absolute atomic E-state index is 14.4. The minimum atomic E-state index is -1.05. The normalized spacial score (nSPS) is 20.7. The second kappa shape index (κ2) is 18.1. The van der Waals surface area contributed by atoms with Crippen molar-refractivity contribution in [3.8, 4) is 22.8 Å². The van der Waals surface area contributed by atoms with Gasteiger partial charge in [-0.25, -0.2) is 14.2 Å². The molecule has 274 valence electrons. The number of amides is 2. The third kappa shape index (κ3) is 10.6. The zero-order valence-electron chi connectivity index (χ0n) is 29.1. The van der Waals surface area contributed by atoms with E-state index in [2.05, 4.69) is 54.6 Å². The van der Waals surface area contributed by atoms with Gasteiger partial charge in [-0.15, -0.1) is 0 Å². The van der Waals surface area contributed by atoms with Crippen LogP contribution in [0.1, 0.15) is 53.6 Å². The number of pyridine rings is 1. The van der Waals surface area contributed by atoms with Crippen molar-refractivity contribution in [2.75, 3.05) is 63.9 Å². The number of carbonyl (C=O) groups excluding carboxylic acids is 1. The fourth-order valence-corrected chi connectivity index (χ4v) is 8.27. The molecule has 1 saturated carbocycles. The van der Waals surface area contributed by atoms with E-state index in [1.54, 1.807) is 0 Å². The van der Waals surface area contributed by atoms with E-state index in [0.717, 1.165) is 100 Å². The molecular formula is C38H49FN6O5S. The van der Waals surface area contributed by atoms with Gasteiger partial charge in [0.25, 0.3) is 5.91 Å². The number of carboxylic acid groups (broad SMARTS) is 1. The number of halogens is 1. The van der Waals surface area contributed by atoms with Gasteiger partial charge in [0.15, 0.2) is 0 Å². The smallest absolute Gasteiger partial charge is 0.404 e. The molecule has 3 aliphatic rings. The Morgan fingerprint density at radius 3 is 2.37 bits per heavy atom. The average Bonchev–Trinajstić information content (AvgIpc) is 3.35. The molecule has 0 atom stereocenters. The number of hydrogen-bond acceptors (Lipinski definition) is 9. The van der Waals surface area contributed by atoms with E-state index < -0.39 is 17.8 Å². The first-order chi connectivity index (χ1) is 24.8. The lowest BCUT2D eigenvalue weighted by molar-refractivity contribution is 0.0919. The highest BCUT2D eigenvalue weighted by atomic mass is 32.2. The Hall–Kier alpha value is -3.75. The number of aliphatic hydroxyl groups excluding tert-OH is 1. The zero-order chi connectivity index (χ0) is 35.6. The molecule has 51 heavy (non-hydrogen) atoms. The monoisotopic (exact) mass is 720 g/mol. The number of thioether (sulfide) groups is 1. The first kappa shape index (κ1) is 37.0. The molecule has 11 nitrogen and oxygen atoms in total. The third-order valence-corrected chi connectivity index (χ3v) is 10.9. The molecule has 0 unspecified atom stereocenters. The molecule has 3 fully saturated rings. The summed E-state index contributed by atoms with van der Waals surface area (Å²) in [6.07, 6.45) is 3.51. The van der Waals surface area contributed by atoms with Gasteiger partial charge in [-0.2, -0.15) is 11.8 Å². The standard InChI is InChI=1S/C38H49FN6O5S/c39-30-23-35(36(47)41-31-6-8-32(9-7-31)42-38(48)49)37(40-24-30)50-33-4-1-3-28(22-33)34-10-5-27(21-29(34)26-45-16-19-51-20-17-45)25-44-12-2-11-43(13-14-44)15-18-46/h1,3-5,10,21-24,31-32,42,46H,2,6-9,11-20,25-26H2,(H,41,47)(H,48,49). The lowest BCUT2D eigenvalue weighted by atomic mass is 9.91. The maximum Gasteiger partial charge on any atom is 0.404 e. The largest absolute Gasteiger partial charge is 0.465 e. The van der Waals surface area contributed by atoms with Crippen molar-refractivity contribution in [3.05, 3.63) is 77.2 Å². The van der Waals surface area contributed by atoms with Crippen LogP contribution in [0.2, 0.25) is 0 Å². The fraction of sp³-hybridized carbons (Fsp3) is 0.500. The molecule has 0 spiro atoms. The van der Waals surface area contributed by atoms with Gasteiger partial charge in [0.2, 0.25) is 5.88 Å². The predicted molar refractivity (Wildman–Crippen MR) is 197 cm³/mol. The van der Waals surface area contributed by atoms with Crippen molar-refractivity contribution in [3.63, 3.8) is 0 Å². The molecule has 0 radical (unpaired) electrons. The van der Waals surface area contributed by atoms with Crippen LogP contribution in [-0.2, 0) is 13.1 Å². The molecule has 2 amide bonds. The average molecular weight is 721 g/mol. The minimum absolute atomic E-state index is 0.00666. The number of nitrogens with zero attached hydrogens (tertiary/aromatic N) is 4. The van der Waals surface area contributed by atoms with E-state index in [1.807, 2.05) is 30.0 Å². The van der Waals surface area contributed by atoms with Gasteiger partial charge in [-0.05, 0) is 85.6 Å². The Balaban J connectivity index is 1.18. The molecule has 13 heteroatoms. The van der Waals surface area contributed by atoms with Crippen LogP contribution >= 0.6 is 11.8 Å². The van der Waals surface area contributed by atoms with Gasteiger partial charge in [0.05, 0.1) is 12.8 Å². The Bertz CT molecular complexity index is 1630. The van der Waals surface area contributed by atoms with Crippen LogP contribution in [0.3, 0.4) is 0 Å². The quantitative estimate of drug-likeness (QED) is 0.202. The third-order valence-electron chi connectivity index (χ3n) is 9.98. The molecule has 0 bridgehead atoms. The summed E-state index contributed by atoms with van der Waals surface area (Å²) in [6, 6.07) is 15.3. The minimum Gasteiger partial charge on any atom is -0.465 e. The Kier molecular flexibility index (Phi) is 13.2. The van der Waals surface area contributed by atoms with Crippen LogP contribution in [0.4, 0.5) is 9.18 Å². The van der Waals surface area contributed by atoms with Crippen molar-refractivity contribution in [2.24, 2.45) is 0 Å². The number of nitrogens with one attached hydrogen (secondary N) is 2. The number of aliphatic hydroxyl groups is 1. The Morgan fingerprint density at radius 1 is 0.882 bits per heavy atom. The van der Waals surface area contributed by atoms with E-state index in [9.17, 15) is 19.1 Å². The summed E-state index contributed by atoms with van der Waals surface area (Å²) in [6.45, 7) is 8.72. The van der Waals surface area contributed by atoms with Crippen LogP contribution in [0.25, 0.3) is 11.1 Å². The zero-order valence-corrected chi connectivity index (χ0v) is 29.9. The molecule has 2 saturated heterocycles. The van der Waals surface area contributed by atoms with E-state index in [-0.39, 0.29) is 30.1 Å². The number of hydrogen-bond donors (Lipinski definition) is 4. The fourth-order valence-electron chi connectivity index (χ4n) is 7.29. The van der Waals surface area contributed by atoms with Gasteiger partial charge in [0.1, 0.15) is 17.1 Å². The van der Waals surface area contributed by atoms with E-state index in [0.29, 0.717) is 31.4 Å². The van der Waals surface area contributed by atoms with Gasteiger partial charge >= 0.3 is 6.09 Å². The summed E-state index contributed by atoms with van der Waals surface area (Å²) in [5.74, 6) is 1.64. The number of aromatic nitrogens is 1. The van der Waals surface area contributed by atoms with Crippen LogP contribution in [0.5, 0.6) is 11.6 Å². The number of carbonyl (C=O) groups is 2. The molecule has 2 aromatic carbocycles. The van der Waals surface area contributed by atoms with Crippen LogP contribution in [0, 0.1) is 5.82 Å². The van der Waals surface area contributed by atoms with Crippen molar-refractivity contribution in [1.82, 2.24) is 30.3 Å². The number of rotatable bonds is 12. The first-order valence-electron chi connectivity index (χ1n) is 18.0. The summed E-state index contributed by atoms with van der Waals surface area (Å²) >= 11 is 2.00. The molecule has 3 heterocycles. The lowest BCUT2D eigenvalue weighted by Gasteiger charge is -2.29. The summed E-state index contributed by atoms with van der Waals surface area (Å²) in [5.41, 5.74) is 4.63. The summed E-state index contributed by atoms with van der Waals surface area (Å²) in [4.78, 5) is 35.9. The number of ether oxygens (including phenoxy) is 1. The van der Waals surface area contributed by atoms with Crippen LogP contribution < -0.4 is 15.4 Å². The lowest BCUT2D eigenvalue weighted by Crippen LogP contribution is -2.43. The Morgan fingerprint density at radius 2 is 1.61 bits per heavy atom. The highest BCUT2D eigenvalue weighted by molar-refractivity contribution is 7.99. The summed E-state index contributed by atoms with van der Waals surface area (Å²) < 4.78 is 20.6. The van der Waals surface area contributed by atoms with Crippen molar-refractivity contribution in [2.45, 2.75) is 57.3 Å².